The topological polar surface area (TPSA) is 85.9 Å². The van der Waals surface area contributed by atoms with Crippen LogP contribution in [0.25, 0.3) is 0 Å². The highest BCUT2D eigenvalue weighted by Crippen LogP contribution is 2.40. The zero-order valence-corrected chi connectivity index (χ0v) is 17.1. The van der Waals surface area contributed by atoms with Crippen molar-refractivity contribution >= 4 is 11.8 Å². The first-order valence-electron chi connectivity index (χ1n) is 9.44. The van der Waals surface area contributed by atoms with Gasteiger partial charge >= 0.3 is 0 Å². The molecule has 156 valence electrons. The highest BCUT2D eigenvalue weighted by atomic mass is 16.5. The Morgan fingerprint density at radius 2 is 1.45 bits per heavy atom. The number of amides is 2. The van der Waals surface area contributed by atoms with Crippen LogP contribution < -0.4 is 24.8 Å². The smallest absolute Gasteiger partial charge is 0.224 e. The monoisotopic (exact) mass is 400 g/mol. The molecule has 0 unspecified atom stereocenters. The second-order valence-electron chi connectivity index (χ2n) is 6.36. The van der Waals surface area contributed by atoms with Crippen molar-refractivity contribution in [2.24, 2.45) is 0 Å². The lowest BCUT2D eigenvalue weighted by Gasteiger charge is -2.15. The van der Waals surface area contributed by atoms with Crippen molar-refractivity contribution in [3.8, 4) is 17.2 Å². The fourth-order valence-corrected chi connectivity index (χ4v) is 2.94. The molecule has 0 saturated heterocycles. The summed E-state index contributed by atoms with van der Waals surface area (Å²) in [4.78, 5) is 24.0. The molecule has 2 aromatic rings. The molecule has 7 heteroatoms. The van der Waals surface area contributed by atoms with E-state index in [-0.39, 0.29) is 11.8 Å². The number of carbonyl (C=O) groups is 2. The summed E-state index contributed by atoms with van der Waals surface area (Å²) in [7, 11) is 4.66. The lowest BCUT2D eigenvalue weighted by atomic mass is 10.1. The molecule has 0 aliphatic carbocycles. The predicted molar refractivity (Wildman–Crippen MR) is 111 cm³/mol. The number of carbonyl (C=O) groups excluding carboxylic acids is 2. The highest BCUT2D eigenvalue weighted by molar-refractivity contribution is 5.79. The molecule has 0 spiro atoms. The van der Waals surface area contributed by atoms with Crippen LogP contribution >= 0.6 is 0 Å². The molecule has 2 N–H and O–H groups in total. The van der Waals surface area contributed by atoms with Gasteiger partial charge in [-0.2, -0.15) is 0 Å². The maximum atomic E-state index is 12.1. The van der Waals surface area contributed by atoms with Crippen molar-refractivity contribution in [3.63, 3.8) is 0 Å². The molecular formula is C22H28N2O5. The van der Waals surface area contributed by atoms with Crippen LogP contribution in [-0.4, -0.2) is 46.2 Å². The minimum Gasteiger partial charge on any atom is -0.493 e. The van der Waals surface area contributed by atoms with E-state index in [4.69, 9.17) is 14.2 Å². The summed E-state index contributed by atoms with van der Waals surface area (Å²) in [5, 5.41) is 5.61. The van der Waals surface area contributed by atoms with E-state index >= 15 is 0 Å². The average molecular weight is 400 g/mol. The largest absolute Gasteiger partial charge is 0.493 e. The van der Waals surface area contributed by atoms with E-state index in [1.807, 2.05) is 36.4 Å². The van der Waals surface area contributed by atoms with E-state index in [1.165, 1.54) is 0 Å². The fourth-order valence-electron chi connectivity index (χ4n) is 2.94. The van der Waals surface area contributed by atoms with Crippen LogP contribution in [0.1, 0.15) is 17.5 Å². The van der Waals surface area contributed by atoms with E-state index < -0.39 is 0 Å². The molecule has 0 aromatic heterocycles. The first-order valence-corrected chi connectivity index (χ1v) is 9.44. The Bertz CT molecular complexity index is 808. The molecule has 2 rings (SSSR count). The van der Waals surface area contributed by atoms with Crippen LogP contribution in [0.2, 0.25) is 0 Å². The summed E-state index contributed by atoms with van der Waals surface area (Å²) in [5.41, 5.74) is 1.81. The molecule has 0 heterocycles. The Balaban J connectivity index is 1.74. The summed E-state index contributed by atoms with van der Waals surface area (Å²) < 4.78 is 16.1. The average Bonchev–Trinajstić information content (AvgIpc) is 2.75. The van der Waals surface area contributed by atoms with Gasteiger partial charge in [0.1, 0.15) is 0 Å². The molecule has 0 saturated carbocycles. The Morgan fingerprint density at radius 3 is 2.07 bits per heavy atom. The Hall–Kier alpha value is -3.22. The lowest BCUT2D eigenvalue weighted by Crippen LogP contribution is -2.35. The maximum absolute atomic E-state index is 12.1. The van der Waals surface area contributed by atoms with Gasteiger partial charge in [0.25, 0.3) is 0 Å². The van der Waals surface area contributed by atoms with Crippen molar-refractivity contribution in [2.75, 3.05) is 34.4 Å². The Labute approximate surface area is 171 Å². The molecule has 0 radical (unpaired) electrons. The van der Waals surface area contributed by atoms with Crippen LogP contribution in [0.4, 0.5) is 0 Å². The SMILES string of the molecule is COc1ccc(CCC(=O)NCCNC(=O)Cc2ccccc2)c(OC)c1OC. The number of rotatable bonds is 11. The number of benzene rings is 2. The molecule has 29 heavy (non-hydrogen) atoms. The fraction of sp³-hybridized carbons (Fsp3) is 0.364. The van der Waals surface area contributed by atoms with E-state index in [1.54, 1.807) is 27.4 Å². The number of hydrogen-bond donors (Lipinski definition) is 2. The molecule has 7 nitrogen and oxygen atoms in total. The third kappa shape index (κ3) is 6.71. The number of methoxy groups -OCH3 is 3. The third-order valence-corrected chi connectivity index (χ3v) is 4.38. The zero-order valence-electron chi connectivity index (χ0n) is 17.1. The molecule has 0 aliphatic heterocycles. The minimum absolute atomic E-state index is 0.0690. The van der Waals surface area contributed by atoms with Crippen molar-refractivity contribution in [3.05, 3.63) is 53.6 Å². The normalized spacial score (nSPS) is 10.2. The predicted octanol–water partition coefficient (Wildman–Crippen LogP) is 2.12. The maximum Gasteiger partial charge on any atom is 0.224 e. The van der Waals surface area contributed by atoms with Crippen LogP contribution in [0, 0.1) is 0 Å². The van der Waals surface area contributed by atoms with Crippen LogP contribution in [0.5, 0.6) is 17.2 Å². The standard InChI is InChI=1S/C22H28N2O5/c1-27-18-11-9-17(21(28-2)22(18)29-3)10-12-19(25)23-13-14-24-20(26)15-16-7-5-4-6-8-16/h4-9,11H,10,12-15H2,1-3H3,(H,23,25)(H,24,26). The van der Waals surface area contributed by atoms with Gasteiger partial charge in [0.05, 0.1) is 27.8 Å². The van der Waals surface area contributed by atoms with Crippen LogP contribution in [0.3, 0.4) is 0 Å². The molecule has 2 aromatic carbocycles. The number of aryl methyl sites for hydroxylation is 1. The number of nitrogens with one attached hydrogen (secondary N) is 2. The van der Waals surface area contributed by atoms with E-state index in [0.29, 0.717) is 49.6 Å². The van der Waals surface area contributed by atoms with Gasteiger partial charge in [-0.05, 0) is 23.6 Å². The molecule has 0 bridgehead atoms. The summed E-state index contributed by atoms with van der Waals surface area (Å²) >= 11 is 0. The van der Waals surface area contributed by atoms with Crippen molar-refractivity contribution in [2.45, 2.75) is 19.3 Å². The van der Waals surface area contributed by atoms with E-state index in [9.17, 15) is 9.59 Å². The van der Waals surface area contributed by atoms with E-state index in [2.05, 4.69) is 10.6 Å². The first-order chi connectivity index (χ1) is 14.1. The highest BCUT2D eigenvalue weighted by Gasteiger charge is 2.16. The molecule has 2 amide bonds. The second kappa shape index (κ2) is 11.6. The minimum atomic E-state index is -0.0980. The molecule has 0 fully saturated rings. The summed E-state index contributed by atoms with van der Waals surface area (Å²) in [6.45, 7) is 0.763. The van der Waals surface area contributed by atoms with Gasteiger partial charge in [-0.25, -0.2) is 0 Å². The number of ether oxygens (including phenoxy) is 3. The van der Waals surface area contributed by atoms with Crippen molar-refractivity contribution in [1.82, 2.24) is 10.6 Å². The Kier molecular flexibility index (Phi) is 8.82. The van der Waals surface area contributed by atoms with Gasteiger partial charge in [-0.15, -0.1) is 0 Å². The molecule has 0 aliphatic rings. The van der Waals surface area contributed by atoms with Gasteiger partial charge in [0.15, 0.2) is 11.5 Å². The van der Waals surface area contributed by atoms with E-state index in [0.717, 1.165) is 11.1 Å². The first kappa shape index (κ1) is 22.1. The Morgan fingerprint density at radius 1 is 0.793 bits per heavy atom. The third-order valence-electron chi connectivity index (χ3n) is 4.38. The molecular weight excluding hydrogens is 372 g/mol. The van der Waals surface area contributed by atoms with Gasteiger partial charge in [-0.3, -0.25) is 9.59 Å². The van der Waals surface area contributed by atoms with Gasteiger partial charge in [0, 0.05) is 19.5 Å². The van der Waals surface area contributed by atoms with Crippen LogP contribution in [-0.2, 0) is 22.4 Å². The van der Waals surface area contributed by atoms with Gasteiger partial charge < -0.3 is 24.8 Å². The molecule has 0 atom stereocenters. The summed E-state index contributed by atoms with van der Waals surface area (Å²) in [5.74, 6) is 1.48. The van der Waals surface area contributed by atoms with Crippen molar-refractivity contribution in [1.29, 1.82) is 0 Å². The second-order valence-corrected chi connectivity index (χ2v) is 6.36. The quantitative estimate of drug-likeness (QED) is 0.565. The lowest BCUT2D eigenvalue weighted by molar-refractivity contribution is -0.122. The van der Waals surface area contributed by atoms with Gasteiger partial charge in [0.2, 0.25) is 17.6 Å². The van der Waals surface area contributed by atoms with Crippen molar-refractivity contribution < 1.29 is 23.8 Å². The zero-order chi connectivity index (χ0) is 21.1. The number of hydrogen-bond acceptors (Lipinski definition) is 5. The summed E-state index contributed by atoms with van der Waals surface area (Å²) in [6.07, 6.45) is 1.12. The van der Waals surface area contributed by atoms with Gasteiger partial charge in [-0.1, -0.05) is 36.4 Å². The van der Waals surface area contributed by atoms with Crippen LogP contribution in [0.15, 0.2) is 42.5 Å². The summed E-state index contributed by atoms with van der Waals surface area (Å²) in [6, 6.07) is 13.2.